The Kier molecular flexibility index (Phi) is 14.0. The molecule has 0 radical (unpaired) electrons. The van der Waals surface area contributed by atoms with Gasteiger partial charge in [-0.15, -0.1) is 0 Å². The predicted octanol–water partition coefficient (Wildman–Crippen LogP) is 14.4. The molecule has 12 aromatic carbocycles. The van der Waals surface area contributed by atoms with Crippen LogP contribution < -0.4 is 43.7 Å². The largest absolute Gasteiger partial charge is 0.634 e. The minimum atomic E-state index is -1.34. The molecule has 0 saturated heterocycles. The van der Waals surface area contributed by atoms with Gasteiger partial charge in [-0.25, -0.2) is 49.3 Å². The van der Waals surface area contributed by atoms with Crippen LogP contribution in [0.5, 0.6) is 0 Å². The van der Waals surface area contributed by atoms with Crippen LogP contribution in [-0.4, -0.2) is 27.1 Å². The van der Waals surface area contributed by atoms with E-state index in [9.17, 15) is 53.9 Å². The molecule has 464 valence electrons. The summed E-state index contributed by atoms with van der Waals surface area (Å²) in [5.41, 5.74) is 4.14. The molecule has 0 aliphatic carbocycles. The SMILES string of the molecule is [C-]#[N+]B1c2c([N+]#[C-])cc(C#N)cc2-c2cc(C#N)c(-c3cc4cc(-c5c([N+]#[C-])cc6c(c5[N+]#[C-])B([N+]#[C-])c5c(C#N)cc(C)cc5-6)cc5c(-c6c([N+]#[C-])cc7c(c6C#N)B(C#N)c6c(C#N)cc([N+]#[C-])cc6-7)cc6cc(-c7c(C#N)cc8c(c7C#N)B(C#N)c7c([N+]#[C-])cc([N+]#[C-])cc7-8)cc3c6c45)c([N+]#[C-])c21. The highest BCUT2D eigenvalue weighted by Gasteiger charge is 2.50. The Morgan fingerprint density at radius 1 is 0.299 bits per heavy atom. The lowest BCUT2D eigenvalue weighted by molar-refractivity contribution is 1.44. The molecule has 0 amide bonds. The van der Waals surface area contributed by atoms with Gasteiger partial charge < -0.3 is 9.51 Å². The van der Waals surface area contributed by atoms with Crippen molar-refractivity contribution in [2.75, 3.05) is 0 Å². The van der Waals surface area contributed by atoms with Gasteiger partial charge in [0.05, 0.1) is 112 Å². The lowest BCUT2D eigenvalue weighted by Gasteiger charge is -2.24. The second-order valence-electron chi connectivity index (χ2n) is 25.5. The van der Waals surface area contributed by atoms with Crippen LogP contribution in [-0.2, 0) is 0 Å². The van der Waals surface area contributed by atoms with Crippen molar-refractivity contribution < 1.29 is 0 Å². The summed E-state index contributed by atoms with van der Waals surface area (Å²) in [7, 11) is 0. The molecule has 0 fully saturated rings. The van der Waals surface area contributed by atoms with E-state index in [0.29, 0.717) is 32.9 Å². The maximum absolute atomic E-state index is 11.9. The fraction of sp³-hybridized carbons (Fsp3) is 0.0119. The first-order valence-corrected chi connectivity index (χ1v) is 31.8. The second-order valence-corrected chi connectivity index (χ2v) is 25.5. The molecule has 0 aromatic heterocycles. The van der Waals surface area contributed by atoms with Gasteiger partial charge in [-0.2, -0.15) is 36.8 Å². The third-order valence-electron chi connectivity index (χ3n) is 20.8. The average molecular weight is 1340 g/mol. The molecule has 16 rings (SSSR count). The highest BCUT2D eigenvalue weighted by molar-refractivity contribution is 6.97. The Bertz CT molecular complexity index is 7450. The summed E-state index contributed by atoms with van der Waals surface area (Å²) in [6, 6.07) is 43.5. The quantitative estimate of drug-likeness (QED) is 0.0920. The van der Waals surface area contributed by atoms with Gasteiger partial charge in [0.2, 0.25) is 0 Å². The topological polar surface area (TPSA) is 258 Å². The van der Waals surface area contributed by atoms with Crippen LogP contribution in [0.2, 0.25) is 0 Å². The van der Waals surface area contributed by atoms with E-state index in [1.54, 1.807) is 61.5 Å². The van der Waals surface area contributed by atoms with Crippen LogP contribution in [0.25, 0.3) is 170 Å². The Labute approximate surface area is 610 Å². The third kappa shape index (κ3) is 8.36. The molecule has 107 heavy (non-hydrogen) atoms. The predicted molar refractivity (Wildman–Crippen MR) is 406 cm³/mol. The van der Waals surface area contributed by atoms with Crippen molar-refractivity contribution in [2.45, 2.75) is 6.92 Å². The molecule has 0 unspecified atom stereocenters. The molecule has 0 bridgehead atoms. The van der Waals surface area contributed by atoms with Crippen molar-refractivity contribution in [1.82, 2.24) is 0 Å². The normalized spacial score (nSPS) is 11.3. The number of aryl methyl sites for hydroxylation is 1. The van der Waals surface area contributed by atoms with Crippen molar-refractivity contribution in [3.63, 3.8) is 0 Å². The summed E-state index contributed by atoms with van der Waals surface area (Å²) in [5, 5.41) is 102. The van der Waals surface area contributed by atoms with E-state index in [0.717, 1.165) is 0 Å². The Morgan fingerprint density at radius 2 is 0.738 bits per heavy atom. The van der Waals surface area contributed by atoms with Crippen molar-refractivity contribution in [3.8, 4) is 143 Å². The third-order valence-corrected chi connectivity index (χ3v) is 20.8. The highest BCUT2D eigenvalue weighted by Crippen LogP contribution is 2.55. The van der Waals surface area contributed by atoms with Gasteiger partial charge in [-0.3, -0.25) is 13.1 Å². The summed E-state index contributed by atoms with van der Waals surface area (Å²) in [6.45, 7) is 82.7. The maximum atomic E-state index is 11.9. The van der Waals surface area contributed by atoms with Crippen LogP contribution in [0, 0.1) is 174 Å². The number of benzene rings is 12. The minimum absolute atomic E-state index is 0.0194. The lowest BCUT2D eigenvalue weighted by atomic mass is 9.42. The number of nitriles is 9. The van der Waals surface area contributed by atoms with Crippen LogP contribution in [0.15, 0.2) is 109 Å². The number of hydrogen-bond acceptors (Lipinski definition) is 9. The molecule has 4 heterocycles. The van der Waals surface area contributed by atoms with E-state index in [-0.39, 0.29) is 222 Å². The van der Waals surface area contributed by atoms with E-state index in [1.807, 2.05) is 0 Å². The van der Waals surface area contributed by atoms with Crippen LogP contribution in [0.3, 0.4) is 0 Å². The number of fused-ring (bicyclic) bond motifs is 12. The molecular weight excluding hydrogens is 1320 g/mol. The van der Waals surface area contributed by atoms with Gasteiger partial charge in [-0.1, -0.05) is 24.3 Å². The summed E-state index contributed by atoms with van der Waals surface area (Å²) in [5.74, 6) is 4.57. The molecule has 0 N–H and O–H groups in total. The van der Waals surface area contributed by atoms with Crippen LogP contribution in [0.4, 0.5) is 45.5 Å². The van der Waals surface area contributed by atoms with Gasteiger partial charge >= 0.3 is 27.1 Å². The molecule has 4 aliphatic rings. The fourth-order valence-corrected chi connectivity index (χ4v) is 16.9. The molecule has 12 aromatic rings. The van der Waals surface area contributed by atoms with Gasteiger partial charge in [0.15, 0.2) is 45.5 Å². The molecule has 0 atom stereocenters. The highest BCUT2D eigenvalue weighted by atomic mass is 14.7. The van der Waals surface area contributed by atoms with E-state index in [1.165, 1.54) is 54.6 Å². The van der Waals surface area contributed by atoms with Gasteiger partial charge in [0.1, 0.15) is 0 Å². The van der Waals surface area contributed by atoms with E-state index in [2.05, 4.69) is 103 Å². The molecule has 19 nitrogen and oxygen atoms in total. The maximum Gasteiger partial charge on any atom is 0.634 e. The van der Waals surface area contributed by atoms with Crippen LogP contribution >= 0.6 is 0 Å². The second kappa shape index (κ2) is 23.5. The Hall–Kier alpha value is -17.8. The zero-order chi connectivity index (χ0) is 75.0. The lowest BCUT2D eigenvalue weighted by Crippen LogP contribution is -2.40. The number of nitrogens with zero attached hydrogens (tertiary/aromatic N) is 19. The Morgan fingerprint density at radius 3 is 1.27 bits per heavy atom. The monoisotopic (exact) mass is 1340 g/mol. The molecule has 0 saturated carbocycles. The summed E-state index contributed by atoms with van der Waals surface area (Å²) in [4.78, 5) is 31.1. The number of hydrogen-bond donors (Lipinski definition) is 0. The van der Waals surface area contributed by atoms with Gasteiger partial charge in [0, 0.05) is 72.7 Å². The van der Waals surface area contributed by atoms with E-state index >= 15 is 0 Å². The first-order chi connectivity index (χ1) is 52.1. The Balaban J connectivity index is 1.12. The summed E-state index contributed by atoms with van der Waals surface area (Å²) >= 11 is 0. The van der Waals surface area contributed by atoms with Crippen molar-refractivity contribution >= 4 is 149 Å². The van der Waals surface area contributed by atoms with E-state index in [4.69, 9.17) is 59.1 Å². The number of rotatable bonds is 4. The fourth-order valence-electron chi connectivity index (χ4n) is 16.9. The smallest absolute Gasteiger partial charge is 0.413 e. The van der Waals surface area contributed by atoms with Crippen molar-refractivity contribution in [3.05, 3.63) is 268 Å². The standard InChI is InChI=1S/C84H21B4N19/c1-39-12-47(33-92)76-55(13-39)62-29-65(100-4)73(84(105-9)82(62)87(76)106-10)44-17-43-20-53(72-46(32-91)24-58-56-14-40(30-89)15-67(102-6)80(56)88(107-11)81(58)83(72)104-8)51-19-41(69-45(31-90)23-57-60-26-50(99-3)27-68(103-7)79(60)86(38-97)77(57)63(69)35-94)16-42-21-54(52(22-44)71(43)70(42)51)74-64(36-95)78-61(28-66(74)101-5)59-25-49(98-2)18-48(34-93)75(59)85(78)37-96/h12-29H,1H3. The van der Waals surface area contributed by atoms with Crippen LogP contribution in [0.1, 0.15) is 44.5 Å². The average Bonchev–Trinajstić information content (AvgIpc) is 0.819. The first-order valence-electron chi connectivity index (χ1n) is 31.8. The van der Waals surface area contributed by atoms with Crippen molar-refractivity contribution in [2.24, 2.45) is 0 Å². The molecule has 4 aliphatic heterocycles. The molecule has 23 heteroatoms. The zero-order valence-corrected chi connectivity index (χ0v) is 54.7. The molecule has 0 spiro atoms. The van der Waals surface area contributed by atoms with Gasteiger partial charge in [0.25, 0.3) is 0 Å². The zero-order valence-electron chi connectivity index (χ0n) is 54.7. The van der Waals surface area contributed by atoms with Gasteiger partial charge in [-0.05, 0) is 224 Å². The van der Waals surface area contributed by atoms with Crippen molar-refractivity contribution in [1.29, 1.82) is 47.4 Å². The molecular formula is C84H21B4N19. The van der Waals surface area contributed by atoms with E-state index < -0.39 is 27.1 Å². The summed E-state index contributed by atoms with van der Waals surface area (Å²) in [6.07, 6.45) is 0. The summed E-state index contributed by atoms with van der Waals surface area (Å²) < 4.78 is 8.05. The minimum Gasteiger partial charge on any atom is -0.413 e. The first kappa shape index (κ1) is 64.0.